The Labute approximate surface area is 69.0 Å². The molecule has 1 fully saturated rings. The van der Waals surface area contributed by atoms with Gasteiger partial charge in [0.05, 0.1) is 0 Å². The first-order valence-electron chi connectivity index (χ1n) is 4.49. The molecule has 0 aromatic carbocycles. The molecule has 1 saturated carbocycles. The zero-order valence-electron chi connectivity index (χ0n) is 7.65. The van der Waals surface area contributed by atoms with Crippen LogP contribution in [0.4, 0.5) is 0 Å². The lowest BCUT2D eigenvalue weighted by Crippen LogP contribution is -2.03. The van der Waals surface area contributed by atoms with Gasteiger partial charge in [0.15, 0.2) is 0 Å². The lowest BCUT2D eigenvalue weighted by atomic mass is 9.90. The van der Waals surface area contributed by atoms with Crippen molar-refractivity contribution in [3.05, 3.63) is 23.3 Å². The van der Waals surface area contributed by atoms with Gasteiger partial charge in [-0.25, -0.2) is 0 Å². The van der Waals surface area contributed by atoms with Crippen LogP contribution in [0.15, 0.2) is 23.3 Å². The summed E-state index contributed by atoms with van der Waals surface area (Å²) in [5, 5.41) is 0. The summed E-state index contributed by atoms with van der Waals surface area (Å²) >= 11 is 0. The van der Waals surface area contributed by atoms with Crippen LogP contribution in [0, 0.1) is 11.3 Å². The fraction of sp³-hybridized carbons (Fsp3) is 0.636. The minimum absolute atomic E-state index is 0.539. The zero-order chi connectivity index (χ0) is 8.06. The van der Waals surface area contributed by atoms with Gasteiger partial charge in [0.2, 0.25) is 0 Å². The van der Waals surface area contributed by atoms with E-state index < -0.39 is 0 Å². The van der Waals surface area contributed by atoms with Crippen molar-refractivity contribution in [2.45, 2.75) is 33.6 Å². The summed E-state index contributed by atoms with van der Waals surface area (Å²) in [6.45, 7) is 6.99. The molecule has 0 aromatic heterocycles. The van der Waals surface area contributed by atoms with Gasteiger partial charge >= 0.3 is 0 Å². The smallest absolute Gasteiger partial charge is 0.00700 e. The maximum Gasteiger partial charge on any atom is -0.00700 e. The van der Waals surface area contributed by atoms with Crippen molar-refractivity contribution in [1.29, 1.82) is 0 Å². The van der Waals surface area contributed by atoms with Crippen molar-refractivity contribution in [2.24, 2.45) is 11.3 Å². The molecule has 0 aliphatic heterocycles. The molecular formula is C11H16. The molecule has 0 N–H and O–H groups in total. The fourth-order valence-corrected chi connectivity index (χ4v) is 2.34. The quantitative estimate of drug-likeness (QED) is 0.494. The van der Waals surface area contributed by atoms with E-state index in [0.29, 0.717) is 11.3 Å². The highest BCUT2D eigenvalue weighted by Crippen LogP contribution is 2.47. The Kier molecular flexibility index (Phi) is 1.30. The maximum atomic E-state index is 2.42. The summed E-state index contributed by atoms with van der Waals surface area (Å²) in [7, 11) is 0. The Bertz CT molecular complexity index is 217. The minimum Gasteiger partial charge on any atom is -0.0744 e. The number of hydrogen-bond donors (Lipinski definition) is 0. The second-order valence-corrected chi connectivity index (χ2v) is 4.76. The van der Waals surface area contributed by atoms with E-state index in [4.69, 9.17) is 0 Å². The number of rotatable bonds is 0. The summed E-state index contributed by atoms with van der Waals surface area (Å²) < 4.78 is 0. The molecule has 0 radical (unpaired) electrons. The summed E-state index contributed by atoms with van der Waals surface area (Å²) in [5.41, 5.74) is 3.79. The van der Waals surface area contributed by atoms with Gasteiger partial charge in [0.1, 0.15) is 0 Å². The van der Waals surface area contributed by atoms with Gasteiger partial charge in [-0.1, -0.05) is 32.9 Å². The minimum atomic E-state index is 0.539. The van der Waals surface area contributed by atoms with Gasteiger partial charge in [-0.05, 0) is 35.3 Å². The van der Waals surface area contributed by atoms with Crippen LogP contribution in [-0.2, 0) is 0 Å². The number of allylic oxidation sites excluding steroid dienone is 4. The summed E-state index contributed by atoms with van der Waals surface area (Å²) in [4.78, 5) is 0. The van der Waals surface area contributed by atoms with Crippen LogP contribution < -0.4 is 0 Å². The lowest BCUT2D eigenvalue weighted by Gasteiger charge is -2.14. The molecule has 0 heterocycles. The molecule has 2 rings (SSSR count). The predicted molar refractivity (Wildman–Crippen MR) is 48.3 cm³/mol. The van der Waals surface area contributed by atoms with E-state index in [1.54, 1.807) is 11.1 Å². The highest BCUT2D eigenvalue weighted by atomic mass is 14.4. The lowest BCUT2D eigenvalue weighted by molar-refractivity contribution is 0.400. The zero-order valence-corrected chi connectivity index (χ0v) is 7.65. The number of fused-ring (bicyclic) bond motifs is 1. The van der Waals surface area contributed by atoms with E-state index >= 15 is 0 Å². The molecule has 0 saturated heterocycles. The largest absolute Gasteiger partial charge is 0.0744 e. The van der Waals surface area contributed by atoms with Crippen molar-refractivity contribution in [2.75, 3.05) is 0 Å². The van der Waals surface area contributed by atoms with Crippen LogP contribution in [0.1, 0.15) is 33.6 Å². The first-order chi connectivity index (χ1) is 5.07. The Morgan fingerprint density at radius 2 is 1.64 bits per heavy atom. The topological polar surface area (TPSA) is 0 Å². The molecular weight excluding hydrogens is 132 g/mol. The molecule has 0 heteroatoms. The molecule has 0 nitrogen and oxygen atoms in total. The highest BCUT2D eigenvalue weighted by Gasteiger charge is 2.32. The van der Waals surface area contributed by atoms with Gasteiger partial charge in [-0.2, -0.15) is 0 Å². The van der Waals surface area contributed by atoms with Crippen molar-refractivity contribution in [1.82, 2.24) is 0 Å². The van der Waals surface area contributed by atoms with E-state index in [9.17, 15) is 0 Å². The summed E-state index contributed by atoms with van der Waals surface area (Å²) in [6.07, 6.45) is 7.43. The molecule has 0 amide bonds. The summed E-state index contributed by atoms with van der Waals surface area (Å²) in [5.74, 6) is 0.705. The average molecular weight is 148 g/mol. The van der Waals surface area contributed by atoms with Crippen LogP contribution in [0.5, 0.6) is 0 Å². The normalized spacial score (nSPS) is 28.3. The molecule has 2 aliphatic rings. The molecule has 0 spiro atoms. The van der Waals surface area contributed by atoms with Gasteiger partial charge in [-0.15, -0.1) is 0 Å². The fourth-order valence-electron chi connectivity index (χ4n) is 2.34. The molecule has 60 valence electrons. The molecule has 0 aromatic rings. The van der Waals surface area contributed by atoms with Crippen molar-refractivity contribution in [3.63, 3.8) is 0 Å². The van der Waals surface area contributed by atoms with E-state index in [-0.39, 0.29) is 0 Å². The van der Waals surface area contributed by atoms with Crippen LogP contribution in [0.25, 0.3) is 0 Å². The Balaban J connectivity index is 2.28. The second kappa shape index (κ2) is 2.00. The molecule has 0 unspecified atom stereocenters. The maximum absolute atomic E-state index is 2.42. The third-order valence-corrected chi connectivity index (χ3v) is 2.68. The van der Waals surface area contributed by atoms with E-state index in [1.807, 2.05) is 0 Å². The van der Waals surface area contributed by atoms with Gasteiger partial charge in [-0.3, -0.25) is 0 Å². The third kappa shape index (κ3) is 1.15. The standard InChI is InChI=1S/C11H16/c1-8-4-9-6-11(2,3)7-10(9)5-8/h4-5,8H,6-7H2,1-3H3. The third-order valence-electron chi connectivity index (χ3n) is 2.68. The van der Waals surface area contributed by atoms with Crippen molar-refractivity contribution in [3.8, 4) is 0 Å². The monoisotopic (exact) mass is 148 g/mol. The predicted octanol–water partition coefficient (Wildman–Crippen LogP) is 3.31. The van der Waals surface area contributed by atoms with Crippen molar-refractivity contribution >= 4 is 0 Å². The Morgan fingerprint density at radius 1 is 1.18 bits per heavy atom. The molecule has 2 aliphatic carbocycles. The van der Waals surface area contributed by atoms with Crippen LogP contribution in [-0.4, -0.2) is 0 Å². The van der Waals surface area contributed by atoms with Gasteiger partial charge in [0.25, 0.3) is 0 Å². The summed E-state index contributed by atoms with van der Waals surface area (Å²) in [6, 6.07) is 0. The van der Waals surface area contributed by atoms with Crippen LogP contribution in [0.2, 0.25) is 0 Å². The van der Waals surface area contributed by atoms with E-state index in [1.165, 1.54) is 12.8 Å². The SMILES string of the molecule is CC1C=C2CC(C)(C)CC2=C1. The highest BCUT2D eigenvalue weighted by molar-refractivity contribution is 5.43. The van der Waals surface area contributed by atoms with Gasteiger partial charge < -0.3 is 0 Å². The molecule has 0 atom stereocenters. The van der Waals surface area contributed by atoms with Crippen LogP contribution in [0.3, 0.4) is 0 Å². The van der Waals surface area contributed by atoms with Crippen LogP contribution >= 0.6 is 0 Å². The van der Waals surface area contributed by atoms with E-state index in [2.05, 4.69) is 32.9 Å². The first-order valence-corrected chi connectivity index (χ1v) is 4.49. The first kappa shape index (κ1) is 7.15. The Hall–Kier alpha value is -0.520. The Morgan fingerprint density at radius 3 is 2.09 bits per heavy atom. The average Bonchev–Trinajstić information content (AvgIpc) is 2.17. The van der Waals surface area contributed by atoms with Crippen molar-refractivity contribution < 1.29 is 0 Å². The second-order valence-electron chi connectivity index (χ2n) is 4.76. The van der Waals surface area contributed by atoms with E-state index in [0.717, 1.165) is 0 Å². The number of hydrogen-bond acceptors (Lipinski definition) is 0. The molecule has 11 heavy (non-hydrogen) atoms. The molecule has 0 bridgehead atoms. The van der Waals surface area contributed by atoms with Gasteiger partial charge in [0, 0.05) is 0 Å².